The van der Waals surface area contributed by atoms with Crippen LogP contribution in [0.1, 0.15) is 23.8 Å². The lowest BCUT2D eigenvalue weighted by atomic mass is 10.1. The lowest BCUT2D eigenvalue weighted by molar-refractivity contribution is 0.0521. The predicted molar refractivity (Wildman–Crippen MR) is 68.2 cm³/mol. The first-order chi connectivity index (χ1) is 8.61. The highest BCUT2D eigenvalue weighted by atomic mass is 16.5. The molecule has 18 heavy (non-hydrogen) atoms. The maximum absolute atomic E-state index is 11.6. The average molecular weight is 252 g/mol. The summed E-state index contributed by atoms with van der Waals surface area (Å²) in [5.74, 6) is 0.529. The Morgan fingerprint density at radius 3 is 3.06 bits per heavy atom. The summed E-state index contributed by atoms with van der Waals surface area (Å²) in [6.07, 6.45) is 2.78. The van der Waals surface area contributed by atoms with Crippen LogP contribution < -0.4 is 5.73 Å². The van der Waals surface area contributed by atoms with Gasteiger partial charge < -0.3 is 19.9 Å². The van der Waals surface area contributed by atoms with Gasteiger partial charge in [0.15, 0.2) is 5.69 Å². The maximum atomic E-state index is 11.6. The van der Waals surface area contributed by atoms with Gasteiger partial charge in [-0.2, -0.15) is 0 Å². The number of hydrogen-bond donors (Lipinski definition) is 1. The summed E-state index contributed by atoms with van der Waals surface area (Å²) < 4.78 is 6.75. The molecule has 1 aliphatic heterocycles. The van der Waals surface area contributed by atoms with Crippen LogP contribution in [0.2, 0.25) is 0 Å². The highest BCUT2D eigenvalue weighted by Gasteiger charge is 2.22. The number of carbonyl (C=O) groups is 1. The molecule has 2 heterocycles. The number of nitrogens with zero attached hydrogens (tertiary/aromatic N) is 3. The van der Waals surface area contributed by atoms with E-state index in [-0.39, 0.29) is 5.69 Å². The van der Waals surface area contributed by atoms with E-state index in [2.05, 4.69) is 16.9 Å². The van der Waals surface area contributed by atoms with E-state index in [4.69, 9.17) is 10.5 Å². The summed E-state index contributed by atoms with van der Waals surface area (Å²) in [6.45, 7) is 5.08. The fourth-order valence-corrected chi connectivity index (χ4v) is 2.35. The van der Waals surface area contributed by atoms with Gasteiger partial charge in [0.1, 0.15) is 5.82 Å². The molecule has 1 unspecified atom stereocenters. The van der Waals surface area contributed by atoms with Crippen molar-refractivity contribution in [1.29, 1.82) is 0 Å². The smallest absolute Gasteiger partial charge is 0.360 e. The van der Waals surface area contributed by atoms with Crippen molar-refractivity contribution in [3.63, 3.8) is 0 Å². The molecule has 1 aromatic heterocycles. The van der Waals surface area contributed by atoms with E-state index in [0.717, 1.165) is 26.1 Å². The first-order valence-electron chi connectivity index (χ1n) is 6.28. The summed E-state index contributed by atoms with van der Waals surface area (Å²) in [4.78, 5) is 17.9. The van der Waals surface area contributed by atoms with Crippen LogP contribution >= 0.6 is 0 Å². The van der Waals surface area contributed by atoms with Gasteiger partial charge in [-0.1, -0.05) is 0 Å². The molecule has 6 nitrogen and oxygen atoms in total. The number of ether oxygens (including phenoxy) is 1. The SMILES string of the molecule is CCOC(=O)c1ncn(CC2CCN(C)C2)c1N. The molecule has 0 spiro atoms. The Morgan fingerprint density at radius 2 is 2.44 bits per heavy atom. The van der Waals surface area contributed by atoms with Crippen molar-refractivity contribution in [2.45, 2.75) is 19.9 Å². The zero-order valence-corrected chi connectivity index (χ0v) is 10.9. The van der Waals surface area contributed by atoms with Gasteiger partial charge in [0, 0.05) is 13.1 Å². The Labute approximate surface area is 107 Å². The highest BCUT2D eigenvalue weighted by Crippen LogP contribution is 2.19. The largest absolute Gasteiger partial charge is 0.461 e. The first kappa shape index (κ1) is 12.9. The topological polar surface area (TPSA) is 73.4 Å². The molecular weight excluding hydrogens is 232 g/mol. The Hall–Kier alpha value is -1.56. The number of nitrogen functional groups attached to an aromatic ring is 1. The molecule has 6 heteroatoms. The van der Waals surface area contributed by atoms with Crippen molar-refractivity contribution in [2.75, 3.05) is 32.5 Å². The molecule has 1 aliphatic rings. The van der Waals surface area contributed by atoms with Crippen LogP contribution in [0.25, 0.3) is 0 Å². The fourth-order valence-electron chi connectivity index (χ4n) is 2.35. The van der Waals surface area contributed by atoms with Crippen LogP contribution in [0.3, 0.4) is 0 Å². The minimum atomic E-state index is -0.447. The van der Waals surface area contributed by atoms with E-state index in [0.29, 0.717) is 18.3 Å². The van der Waals surface area contributed by atoms with Gasteiger partial charge in [-0.15, -0.1) is 0 Å². The van der Waals surface area contributed by atoms with Crippen molar-refractivity contribution in [3.05, 3.63) is 12.0 Å². The number of aromatic nitrogens is 2. The number of hydrogen-bond acceptors (Lipinski definition) is 5. The van der Waals surface area contributed by atoms with Crippen LogP contribution in [0.5, 0.6) is 0 Å². The number of anilines is 1. The molecule has 0 radical (unpaired) electrons. The minimum absolute atomic E-state index is 0.225. The normalized spacial score (nSPS) is 20.2. The third-order valence-electron chi connectivity index (χ3n) is 3.29. The van der Waals surface area contributed by atoms with E-state index in [1.807, 2.05) is 4.57 Å². The zero-order valence-electron chi connectivity index (χ0n) is 10.9. The van der Waals surface area contributed by atoms with Gasteiger partial charge in [-0.05, 0) is 32.9 Å². The molecule has 1 fully saturated rings. The molecule has 0 aromatic carbocycles. The lowest BCUT2D eigenvalue weighted by Crippen LogP contribution is -2.18. The van der Waals surface area contributed by atoms with Gasteiger partial charge in [0.05, 0.1) is 12.9 Å². The summed E-state index contributed by atoms with van der Waals surface area (Å²) in [5.41, 5.74) is 6.16. The molecule has 1 atom stereocenters. The quantitative estimate of drug-likeness (QED) is 0.794. The second-order valence-electron chi connectivity index (χ2n) is 4.77. The molecule has 2 N–H and O–H groups in total. The molecular formula is C12H20N4O2. The number of imidazole rings is 1. The average Bonchev–Trinajstić information content (AvgIpc) is 2.88. The highest BCUT2D eigenvalue weighted by molar-refractivity contribution is 5.92. The van der Waals surface area contributed by atoms with Crippen LogP contribution in [-0.2, 0) is 11.3 Å². The number of rotatable bonds is 4. The van der Waals surface area contributed by atoms with Crippen molar-refractivity contribution >= 4 is 11.8 Å². The van der Waals surface area contributed by atoms with Crippen molar-refractivity contribution in [2.24, 2.45) is 5.92 Å². The monoisotopic (exact) mass is 252 g/mol. The van der Waals surface area contributed by atoms with Gasteiger partial charge in [-0.3, -0.25) is 0 Å². The van der Waals surface area contributed by atoms with Crippen LogP contribution in [0.4, 0.5) is 5.82 Å². The van der Waals surface area contributed by atoms with Gasteiger partial charge in [-0.25, -0.2) is 9.78 Å². The third kappa shape index (κ3) is 2.64. The summed E-state index contributed by atoms with van der Waals surface area (Å²) >= 11 is 0. The van der Waals surface area contributed by atoms with Crippen LogP contribution in [0.15, 0.2) is 6.33 Å². The minimum Gasteiger partial charge on any atom is -0.461 e. The van der Waals surface area contributed by atoms with E-state index in [1.165, 1.54) is 0 Å². The molecule has 1 aromatic rings. The van der Waals surface area contributed by atoms with Gasteiger partial charge in [0.25, 0.3) is 0 Å². The molecule has 0 amide bonds. The standard InChI is InChI=1S/C12H20N4O2/c1-3-18-12(17)10-11(13)16(8-14-10)7-9-4-5-15(2)6-9/h8-9H,3-7,13H2,1-2H3. The van der Waals surface area contributed by atoms with Gasteiger partial charge >= 0.3 is 5.97 Å². The molecule has 1 saturated heterocycles. The fraction of sp³-hybridized carbons (Fsp3) is 0.667. The molecule has 2 rings (SSSR count). The molecule has 0 saturated carbocycles. The molecule has 100 valence electrons. The maximum Gasteiger partial charge on any atom is 0.360 e. The van der Waals surface area contributed by atoms with E-state index in [1.54, 1.807) is 13.3 Å². The summed E-state index contributed by atoms with van der Waals surface area (Å²) in [7, 11) is 2.11. The number of carbonyl (C=O) groups excluding carboxylic acids is 1. The lowest BCUT2D eigenvalue weighted by Gasteiger charge is -2.12. The van der Waals surface area contributed by atoms with Crippen LogP contribution in [0, 0.1) is 5.92 Å². The van der Waals surface area contributed by atoms with Gasteiger partial charge in [0.2, 0.25) is 0 Å². The van der Waals surface area contributed by atoms with Crippen molar-refractivity contribution in [3.8, 4) is 0 Å². The Kier molecular flexibility index (Phi) is 3.86. The second-order valence-corrected chi connectivity index (χ2v) is 4.77. The van der Waals surface area contributed by atoms with Crippen molar-refractivity contribution in [1.82, 2.24) is 14.5 Å². The van der Waals surface area contributed by atoms with Crippen molar-refractivity contribution < 1.29 is 9.53 Å². The Morgan fingerprint density at radius 1 is 1.67 bits per heavy atom. The zero-order chi connectivity index (χ0) is 13.1. The number of esters is 1. The third-order valence-corrected chi connectivity index (χ3v) is 3.29. The first-order valence-corrected chi connectivity index (χ1v) is 6.28. The Bertz CT molecular complexity index is 430. The molecule has 0 bridgehead atoms. The van der Waals surface area contributed by atoms with E-state index in [9.17, 15) is 4.79 Å². The van der Waals surface area contributed by atoms with E-state index < -0.39 is 5.97 Å². The predicted octanol–water partition coefficient (Wildman–Crippen LogP) is 0.594. The number of likely N-dealkylation sites (tertiary alicyclic amines) is 1. The second kappa shape index (κ2) is 5.39. The number of nitrogens with two attached hydrogens (primary N) is 1. The molecule has 0 aliphatic carbocycles. The van der Waals surface area contributed by atoms with E-state index >= 15 is 0 Å². The Balaban J connectivity index is 2.04. The summed E-state index contributed by atoms with van der Waals surface area (Å²) in [5, 5.41) is 0. The van der Waals surface area contributed by atoms with Crippen LogP contribution in [-0.4, -0.2) is 47.2 Å². The summed E-state index contributed by atoms with van der Waals surface area (Å²) in [6, 6.07) is 0.